The normalized spacial score (nSPS) is 9.71. The van der Waals surface area contributed by atoms with Crippen molar-refractivity contribution in [1.29, 1.82) is 5.26 Å². The number of rotatable bonds is 4. The molecule has 0 saturated heterocycles. The number of carbonyl (C=O) groups excluding carboxylic acids is 1. The minimum atomic E-state index is -0.472. The van der Waals surface area contributed by atoms with Gasteiger partial charge in [0, 0.05) is 12.1 Å². The molecule has 0 atom stereocenters. The lowest BCUT2D eigenvalue weighted by Gasteiger charge is -2.08. The van der Waals surface area contributed by atoms with E-state index in [0.29, 0.717) is 5.56 Å². The zero-order valence-electron chi connectivity index (χ0n) is 9.56. The van der Waals surface area contributed by atoms with Crippen molar-refractivity contribution in [2.45, 2.75) is 19.9 Å². The number of aromatic hydroxyl groups is 1. The number of nitrogens with two attached hydrogens (primary N) is 1. The Labute approximate surface area is 99.4 Å². The summed E-state index contributed by atoms with van der Waals surface area (Å²) in [5, 5.41) is 18.7. The van der Waals surface area contributed by atoms with Crippen LogP contribution in [0.2, 0.25) is 0 Å². The maximum absolute atomic E-state index is 11.3. The van der Waals surface area contributed by atoms with E-state index in [-0.39, 0.29) is 36.4 Å². The van der Waals surface area contributed by atoms with Gasteiger partial charge in [0.05, 0.1) is 24.7 Å². The highest BCUT2D eigenvalue weighted by molar-refractivity contribution is 5.75. The summed E-state index contributed by atoms with van der Waals surface area (Å²) in [6, 6.07) is 4.95. The third-order valence-electron chi connectivity index (χ3n) is 2.27. The SMILES string of the molecule is CCOC(=O)Cc1c(O)cc(CN)cc1C#N. The minimum Gasteiger partial charge on any atom is -0.508 e. The maximum atomic E-state index is 11.3. The zero-order valence-corrected chi connectivity index (χ0v) is 9.56. The minimum absolute atomic E-state index is 0.0995. The van der Waals surface area contributed by atoms with Crippen LogP contribution in [0.1, 0.15) is 23.6 Å². The standard InChI is InChI=1S/C12H14N2O3/c1-2-17-12(16)5-10-9(7-14)3-8(6-13)4-11(10)15/h3-4,15H,2,5-6,13H2,1H3. The molecule has 1 aromatic carbocycles. The number of esters is 1. The van der Waals surface area contributed by atoms with E-state index in [1.54, 1.807) is 13.0 Å². The zero-order chi connectivity index (χ0) is 12.8. The first-order chi connectivity index (χ1) is 8.12. The highest BCUT2D eigenvalue weighted by atomic mass is 16.5. The smallest absolute Gasteiger partial charge is 0.310 e. The third kappa shape index (κ3) is 3.20. The number of ether oxygens (including phenoxy) is 1. The Balaban J connectivity index is 3.07. The molecule has 5 nitrogen and oxygen atoms in total. The molecule has 0 amide bonds. The van der Waals surface area contributed by atoms with E-state index in [1.807, 2.05) is 6.07 Å². The van der Waals surface area contributed by atoms with Crippen molar-refractivity contribution in [2.24, 2.45) is 5.73 Å². The molecule has 0 unspecified atom stereocenters. The molecule has 0 bridgehead atoms. The van der Waals surface area contributed by atoms with E-state index in [1.165, 1.54) is 6.07 Å². The molecule has 0 aliphatic rings. The molecule has 0 spiro atoms. The second kappa shape index (κ2) is 5.87. The van der Waals surface area contributed by atoms with Crippen molar-refractivity contribution < 1.29 is 14.6 Å². The predicted octanol–water partition coefficient (Wildman–Crippen LogP) is 0.828. The Morgan fingerprint density at radius 3 is 2.82 bits per heavy atom. The first-order valence-corrected chi connectivity index (χ1v) is 5.22. The molecular formula is C12H14N2O3. The van der Waals surface area contributed by atoms with Gasteiger partial charge < -0.3 is 15.6 Å². The van der Waals surface area contributed by atoms with E-state index >= 15 is 0 Å². The number of nitrogens with zero attached hydrogens (tertiary/aromatic N) is 1. The molecule has 90 valence electrons. The monoisotopic (exact) mass is 234 g/mol. The average molecular weight is 234 g/mol. The molecule has 0 saturated carbocycles. The number of carbonyl (C=O) groups is 1. The topological polar surface area (TPSA) is 96.3 Å². The number of benzene rings is 1. The van der Waals surface area contributed by atoms with Crippen LogP contribution in [-0.4, -0.2) is 17.7 Å². The van der Waals surface area contributed by atoms with Crippen molar-refractivity contribution in [3.63, 3.8) is 0 Å². The number of phenols is 1. The molecule has 0 fully saturated rings. The van der Waals surface area contributed by atoms with Gasteiger partial charge in [-0.1, -0.05) is 0 Å². The van der Waals surface area contributed by atoms with Crippen LogP contribution in [0.15, 0.2) is 12.1 Å². The van der Waals surface area contributed by atoms with E-state index in [2.05, 4.69) is 0 Å². The molecule has 0 radical (unpaired) electrons. The fourth-order valence-corrected chi connectivity index (χ4v) is 1.47. The quantitative estimate of drug-likeness (QED) is 0.752. The van der Waals surface area contributed by atoms with Crippen LogP contribution in [0.25, 0.3) is 0 Å². The lowest BCUT2D eigenvalue weighted by Crippen LogP contribution is -2.09. The Hall–Kier alpha value is -2.06. The average Bonchev–Trinajstić information content (AvgIpc) is 2.31. The highest BCUT2D eigenvalue weighted by Gasteiger charge is 2.14. The molecule has 0 aliphatic heterocycles. The van der Waals surface area contributed by atoms with Crippen molar-refractivity contribution in [3.8, 4) is 11.8 Å². The van der Waals surface area contributed by atoms with E-state index in [4.69, 9.17) is 15.7 Å². The van der Waals surface area contributed by atoms with Crippen LogP contribution >= 0.6 is 0 Å². The summed E-state index contributed by atoms with van der Waals surface area (Å²) >= 11 is 0. The van der Waals surface area contributed by atoms with E-state index in [0.717, 1.165) is 0 Å². The summed E-state index contributed by atoms with van der Waals surface area (Å²) in [6.07, 6.45) is -0.118. The van der Waals surface area contributed by atoms with Crippen LogP contribution in [0.4, 0.5) is 0 Å². The summed E-state index contributed by atoms with van der Waals surface area (Å²) in [5.41, 5.74) is 6.60. The Morgan fingerprint density at radius 2 is 2.29 bits per heavy atom. The van der Waals surface area contributed by atoms with Gasteiger partial charge in [-0.15, -0.1) is 0 Å². The van der Waals surface area contributed by atoms with Gasteiger partial charge in [-0.25, -0.2) is 0 Å². The van der Waals surface area contributed by atoms with Crippen LogP contribution in [0, 0.1) is 11.3 Å². The fraction of sp³-hybridized carbons (Fsp3) is 0.333. The summed E-state index contributed by atoms with van der Waals surface area (Å²) in [6.45, 7) is 2.19. The Morgan fingerprint density at radius 1 is 1.59 bits per heavy atom. The highest BCUT2D eigenvalue weighted by Crippen LogP contribution is 2.24. The van der Waals surface area contributed by atoms with Crippen LogP contribution < -0.4 is 5.73 Å². The van der Waals surface area contributed by atoms with Gasteiger partial charge in [-0.3, -0.25) is 4.79 Å². The number of nitriles is 1. The summed E-state index contributed by atoms with van der Waals surface area (Å²) in [5.74, 6) is -0.572. The van der Waals surface area contributed by atoms with Crippen LogP contribution in [-0.2, 0) is 22.5 Å². The second-order valence-corrected chi connectivity index (χ2v) is 3.44. The lowest BCUT2D eigenvalue weighted by molar-refractivity contribution is -0.142. The van der Waals surface area contributed by atoms with Gasteiger partial charge in [0.1, 0.15) is 5.75 Å². The van der Waals surface area contributed by atoms with Crippen LogP contribution in [0.3, 0.4) is 0 Å². The maximum Gasteiger partial charge on any atom is 0.310 e. The lowest BCUT2D eigenvalue weighted by atomic mass is 10.0. The number of phenolic OH excluding ortho intramolecular Hbond substituents is 1. The number of hydrogen-bond acceptors (Lipinski definition) is 5. The largest absolute Gasteiger partial charge is 0.508 e. The summed E-state index contributed by atoms with van der Waals surface area (Å²) in [4.78, 5) is 11.3. The van der Waals surface area contributed by atoms with Gasteiger partial charge in [0.15, 0.2) is 0 Å². The summed E-state index contributed by atoms with van der Waals surface area (Å²) < 4.78 is 4.77. The molecule has 0 heterocycles. The molecule has 1 rings (SSSR count). The molecular weight excluding hydrogens is 220 g/mol. The van der Waals surface area contributed by atoms with Crippen molar-refractivity contribution >= 4 is 5.97 Å². The van der Waals surface area contributed by atoms with Gasteiger partial charge >= 0.3 is 5.97 Å². The van der Waals surface area contributed by atoms with Crippen molar-refractivity contribution in [3.05, 3.63) is 28.8 Å². The van der Waals surface area contributed by atoms with Gasteiger partial charge in [0.25, 0.3) is 0 Å². The number of hydrogen-bond donors (Lipinski definition) is 2. The molecule has 3 N–H and O–H groups in total. The fourth-order valence-electron chi connectivity index (χ4n) is 1.47. The molecule has 0 aromatic heterocycles. The molecule has 17 heavy (non-hydrogen) atoms. The predicted molar refractivity (Wildman–Crippen MR) is 61.1 cm³/mol. The van der Waals surface area contributed by atoms with Gasteiger partial charge in [-0.05, 0) is 24.6 Å². The first-order valence-electron chi connectivity index (χ1n) is 5.22. The Kier molecular flexibility index (Phi) is 4.49. The third-order valence-corrected chi connectivity index (χ3v) is 2.27. The molecule has 5 heteroatoms. The van der Waals surface area contributed by atoms with E-state index in [9.17, 15) is 9.90 Å². The second-order valence-electron chi connectivity index (χ2n) is 3.44. The summed E-state index contributed by atoms with van der Waals surface area (Å²) in [7, 11) is 0. The van der Waals surface area contributed by atoms with Crippen LogP contribution in [0.5, 0.6) is 5.75 Å². The molecule has 0 aliphatic carbocycles. The van der Waals surface area contributed by atoms with E-state index < -0.39 is 5.97 Å². The Bertz CT molecular complexity index is 464. The van der Waals surface area contributed by atoms with Crippen molar-refractivity contribution in [2.75, 3.05) is 6.61 Å². The van der Waals surface area contributed by atoms with Gasteiger partial charge in [0.2, 0.25) is 0 Å². The first kappa shape index (κ1) is 13.0. The molecule has 1 aromatic rings. The van der Waals surface area contributed by atoms with Crippen molar-refractivity contribution in [1.82, 2.24) is 0 Å². The van der Waals surface area contributed by atoms with Gasteiger partial charge in [-0.2, -0.15) is 5.26 Å².